The first-order valence-electron chi connectivity index (χ1n) is 12.9. The van der Waals surface area contributed by atoms with E-state index in [1.54, 1.807) is 0 Å². The maximum absolute atomic E-state index is 15.2. The van der Waals surface area contributed by atoms with Gasteiger partial charge in [-0.05, 0) is 62.2 Å². The van der Waals surface area contributed by atoms with Gasteiger partial charge in [-0.15, -0.1) is 0 Å². The average molecular weight is 481 g/mol. The number of aliphatic hydroxyl groups is 2. The van der Waals surface area contributed by atoms with Crippen LogP contribution in [0.25, 0.3) is 0 Å². The number of hydrogen-bond acceptors (Lipinski definition) is 3. The molecule has 0 saturated heterocycles. The summed E-state index contributed by atoms with van der Waals surface area (Å²) in [7, 11) is -3.17. The zero-order chi connectivity index (χ0) is 24.5. The van der Waals surface area contributed by atoms with Crippen molar-refractivity contribution < 1.29 is 14.8 Å². The van der Waals surface area contributed by atoms with Gasteiger partial charge >= 0.3 is 0 Å². The lowest BCUT2D eigenvalue weighted by Crippen LogP contribution is -2.43. The molecule has 4 heteroatoms. The number of fused-ring (bicyclic) bond motifs is 1. The number of aliphatic hydroxyl groups excluding tert-OH is 2. The molecule has 2 aliphatic carbocycles. The van der Waals surface area contributed by atoms with Crippen LogP contribution in [0.5, 0.6) is 0 Å². The summed E-state index contributed by atoms with van der Waals surface area (Å²) in [5.74, 6) is 1.08. The minimum absolute atomic E-state index is 0.110. The van der Waals surface area contributed by atoms with Crippen molar-refractivity contribution in [1.29, 1.82) is 0 Å². The first-order chi connectivity index (χ1) is 16.2. The average Bonchev–Trinajstić information content (AvgIpc) is 3.21. The molecule has 2 aromatic rings. The Hall–Kier alpha value is -1.67. The lowest BCUT2D eigenvalue weighted by molar-refractivity contribution is -0.0283. The summed E-state index contributed by atoms with van der Waals surface area (Å²) in [6.07, 6.45) is 4.90. The van der Waals surface area contributed by atoms with Crippen LogP contribution in [-0.2, 0) is 4.57 Å². The molecule has 0 radical (unpaired) electrons. The van der Waals surface area contributed by atoms with Crippen LogP contribution in [0, 0.1) is 23.2 Å². The molecule has 0 spiro atoms. The number of rotatable bonds is 8. The third-order valence-corrected chi connectivity index (χ3v) is 12.6. The molecule has 34 heavy (non-hydrogen) atoms. The standard InChI is InChI=1S/C30H41O3P/c1-21(2)29(32)28(20-22(3)25-17-18-26-27(31)16-11-19-30(25,26)4)34(33,23-12-7-5-8-13-23)24-14-9-6-10-15-24/h5-10,12-15,22,25-29,31-32H,1,11,16-20H2,2-4H3/t22-,25-,26+,27+,28?,29?,30-/m1/s1. The maximum atomic E-state index is 15.2. The molecule has 2 unspecified atom stereocenters. The van der Waals surface area contributed by atoms with Crippen molar-refractivity contribution in [3.05, 3.63) is 72.8 Å². The summed E-state index contributed by atoms with van der Waals surface area (Å²) < 4.78 is 15.2. The molecule has 4 rings (SSSR count). The quantitative estimate of drug-likeness (QED) is 0.365. The molecule has 3 nitrogen and oxygen atoms in total. The highest BCUT2D eigenvalue weighted by molar-refractivity contribution is 7.79. The summed E-state index contributed by atoms with van der Waals surface area (Å²) >= 11 is 0. The third kappa shape index (κ3) is 4.48. The van der Waals surface area contributed by atoms with Crippen LogP contribution in [0.2, 0.25) is 0 Å². The Morgan fingerprint density at radius 2 is 1.62 bits per heavy atom. The zero-order valence-corrected chi connectivity index (χ0v) is 21.8. The molecule has 2 saturated carbocycles. The van der Waals surface area contributed by atoms with Gasteiger partial charge in [0.1, 0.15) is 7.14 Å². The van der Waals surface area contributed by atoms with Gasteiger partial charge in [0.15, 0.2) is 0 Å². The Morgan fingerprint density at radius 3 is 2.15 bits per heavy atom. The molecule has 0 bridgehead atoms. The van der Waals surface area contributed by atoms with Crippen molar-refractivity contribution in [2.45, 2.75) is 77.2 Å². The fourth-order valence-electron chi connectivity index (χ4n) is 7.30. The summed E-state index contributed by atoms with van der Waals surface area (Å²) in [6.45, 7) is 10.5. The minimum atomic E-state index is -3.17. The van der Waals surface area contributed by atoms with E-state index in [1.165, 1.54) is 0 Å². The molecule has 2 aromatic carbocycles. The molecule has 184 valence electrons. The molecular formula is C30H41O3P. The van der Waals surface area contributed by atoms with Crippen molar-refractivity contribution in [2.75, 3.05) is 0 Å². The van der Waals surface area contributed by atoms with Crippen molar-refractivity contribution in [3.63, 3.8) is 0 Å². The van der Waals surface area contributed by atoms with Gasteiger partial charge in [0.05, 0.1) is 17.9 Å². The molecule has 0 aliphatic heterocycles. The smallest absolute Gasteiger partial charge is 0.149 e. The highest BCUT2D eigenvalue weighted by atomic mass is 31.2. The molecule has 2 aliphatic rings. The highest BCUT2D eigenvalue weighted by Crippen LogP contribution is 2.60. The van der Waals surface area contributed by atoms with Crippen molar-refractivity contribution in [3.8, 4) is 0 Å². The molecule has 2 fully saturated rings. The molecule has 2 N–H and O–H groups in total. The van der Waals surface area contributed by atoms with Crippen LogP contribution in [0.1, 0.15) is 59.3 Å². The Balaban J connectivity index is 1.74. The predicted molar refractivity (Wildman–Crippen MR) is 142 cm³/mol. The Morgan fingerprint density at radius 1 is 1.06 bits per heavy atom. The lowest BCUT2D eigenvalue weighted by Gasteiger charge is -2.46. The Bertz CT molecular complexity index is 976. The van der Waals surface area contributed by atoms with Gasteiger partial charge in [0.2, 0.25) is 0 Å². The van der Waals surface area contributed by atoms with E-state index in [4.69, 9.17) is 0 Å². The second kappa shape index (κ2) is 10.1. The first kappa shape index (κ1) is 25.4. The largest absolute Gasteiger partial charge is 0.393 e. The predicted octanol–water partition coefficient (Wildman–Crippen LogP) is 5.91. The number of benzene rings is 2. The van der Waals surface area contributed by atoms with E-state index in [1.807, 2.05) is 67.6 Å². The summed E-state index contributed by atoms with van der Waals surface area (Å²) in [5, 5.41) is 23.8. The first-order valence-corrected chi connectivity index (χ1v) is 14.7. The summed E-state index contributed by atoms with van der Waals surface area (Å²) in [5.41, 5.74) is 0.327. The highest BCUT2D eigenvalue weighted by Gasteiger charge is 2.53. The van der Waals surface area contributed by atoms with E-state index in [-0.39, 0.29) is 17.4 Å². The van der Waals surface area contributed by atoms with Crippen LogP contribution in [0.4, 0.5) is 0 Å². The Kier molecular flexibility index (Phi) is 7.58. The van der Waals surface area contributed by atoms with Crippen molar-refractivity contribution in [1.82, 2.24) is 0 Å². The maximum Gasteiger partial charge on any atom is 0.149 e. The zero-order valence-electron chi connectivity index (χ0n) is 20.9. The van der Waals surface area contributed by atoms with Gasteiger partial charge in [0.25, 0.3) is 0 Å². The van der Waals surface area contributed by atoms with Gasteiger partial charge in [-0.3, -0.25) is 0 Å². The molecule has 0 aromatic heterocycles. The van der Waals surface area contributed by atoms with E-state index in [9.17, 15) is 10.2 Å². The van der Waals surface area contributed by atoms with Gasteiger partial charge in [-0.2, -0.15) is 0 Å². The van der Waals surface area contributed by atoms with Crippen LogP contribution in [0.3, 0.4) is 0 Å². The van der Waals surface area contributed by atoms with Crippen LogP contribution in [-0.4, -0.2) is 28.1 Å². The van der Waals surface area contributed by atoms with Gasteiger partial charge in [-0.1, -0.05) is 93.1 Å². The van der Waals surface area contributed by atoms with E-state index < -0.39 is 18.9 Å². The molecule has 0 amide bonds. The van der Waals surface area contributed by atoms with Crippen molar-refractivity contribution >= 4 is 17.8 Å². The van der Waals surface area contributed by atoms with E-state index in [0.717, 1.165) is 42.7 Å². The van der Waals surface area contributed by atoms with Gasteiger partial charge in [-0.25, -0.2) is 0 Å². The monoisotopic (exact) mass is 480 g/mol. The SMILES string of the molecule is C=C(C)C(O)C(C[C@@H](C)[C@H]1CC[C@H]2[C@@H](O)CCC[C@]12C)P(=O)(c1ccccc1)c1ccccc1. The van der Waals surface area contributed by atoms with Crippen molar-refractivity contribution in [2.24, 2.45) is 23.2 Å². The van der Waals surface area contributed by atoms with Gasteiger partial charge < -0.3 is 14.8 Å². The van der Waals surface area contributed by atoms with Crippen LogP contribution < -0.4 is 10.6 Å². The molecule has 7 atom stereocenters. The minimum Gasteiger partial charge on any atom is -0.393 e. The second-order valence-corrected chi connectivity index (χ2v) is 14.2. The van der Waals surface area contributed by atoms with Crippen LogP contribution >= 0.6 is 7.14 Å². The van der Waals surface area contributed by atoms with E-state index >= 15 is 4.57 Å². The topological polar surface area (TPSA) is 57.5 Å². The summed E-state index contributed by atoms with van der Waals surface area (Å²) in [6, 6.07) is 19.4. The molecule has 0 heterocycles. The third-order valence-electron chi connectivity index (χ3n) is 9.08. The second-order valence-electron chi connectivity index (χ2n) is 11.2. The van der Waals surface area contributed by atoms with Crippen LogP contribution in [0.15, 0.2) is 72.8 Å². The normalized spacial score (nSPS) is 29.7. The fourth-order valence-corrected chi connectivity index (χ4v) is 10.9. The van der Waals surface area contributed by atoms with Gasteiger partial charge in [0, 0.05) is 10.6 Å². The summed E-state index contributed by atoms with van der Waals surface area (Å²) in [4.78, 5) is 0. The van der Waals surface area contributed by atoms with E-state index in [2.05, 4.69) is 20.4 Å². The van der Waals surface area contributed by atoms with E-state index in [0.29, 0.717) is 23.8 Å². The number of hydrogen-bond donors (Lipinski definition) is 2. The lowest BCUT2D eigenvalue weighted by atomic mass is 9.61. The fraction of sp³-hybridized carbons (Fsp3) is 0.533. The Labute approximate surface area is 205 Å². The molecular weight excluding hydrogens is 439 g/mol.